The zero-order chi connectivity index (χ0) is 20.8. The van der Waals surface area contributed by atoms with E-state index in [0.29, 0.717) is 0 Å². The number of hydrogen-bond donors (Lipinski definition) is 0. The summed E-state index contributed by atoms with van der Waals surface area (Å²) in [6.45, 7) is 7.51. The first-order valence-corrected chi connectivity index (χ1v) is 11.1. The molecule has 2 nitrogen and oxygen atoms in total. The second-order valence-corrected chi connectivity index (χ2v) is 8.05. The molecule has 0 saturated heterocycles. The molecule has 0 aliphatic carbocycles. The quantitative estimate of drug-likeness (QED) is 0.434. The van der Waals surface area contributed by atoms with E-state index in [1.54, 1.807) is 5.57 Å². The first-order chi connectivity index (χ1) is 14.8. The van der Waals surface area contributed by atoms with E-state index >= 15 is 0 Å². The van der Waals surface area contributed by atoms with Gasteiger partial charge in [0.15, 0.2) is 0 Å². The number of hydrogen-bond acceptors (Lipinski definition) is 2. The predicted molar refractivity (Wildman–Crippen MR) is 126 cm³/mol. The minimum absolute atomic E-state index is 0.233. The predicted octanol–water partition coefficient (Wildman–Crippen LogP) is 6.78. The van der Waals surface area contributed by atoms with E-state index in [1.807, 2.05) is 0 Å². The molecule has 0 bridgehead atoms. The molecular weight excluding hydrogens is 364 g/mol. The van der Waals surface area contributed by atoms with E-state index < -0.39 is 0 Å². The zero-order valence-corrected chi connectivity index (χ0v) is 18.2. The maximum Gasteiger partial charge on any atom is 0.109 e. The Kier molecular flexibility index (Phi) is 6.66. The first-order valence-electron chi connectivity index (χ1n) is 11.1. The van der Waals surface area contributed by atoms with Crippen molar-refractivity contribution in [2.75, 3.05) is 6.54 Å². The molecule has 0 aromatic heterocycles. The third kappa shape index (κ3) is 4.49. The average Bonchev–Trinajstić information content (AvgIpc) is 2.81. The van der Waals surface area contributed by atoms with Gasteiger partial charge in [-0.3, -0.25) is 4.90 Å². The van der Waals surface area contributed by atoms with Gasteiger partial charge < -0.3 is 4.90 Å². The molecular formula is C28H32N2. The van der Waals surface area contributed by atoms with Gasteiger partial charge in [-0.25, -0.2) is 0 Å². The van der Waals surface area contributed by atoms with Crippen LogP contribution in [0.15, 0.2) is 102 Å². The SMILES string of the molecule is CCC1=C(CC)N(Cc2ccccc2)C(c2ccccc2)N(Cc2ccccc2)C1. The summed E-state index contributed by atoms with van der Waals surface area (Å²) in [4.78, 5) is 5.29. The molecule has 4 rings (SSSR count). The monoisotopic (exact) mass is 396 g/mol. The van der Waals surface area contributed by atoms with Crippen LogP contribution in [0.5, 0.6) is 0 Å². The van der Waals surface area contributed by atoms with Gasteiger partial charge in [0.2, 0.25) is 0 Å². The van der Waals surface area contributed by atoms with Gasteiger partial charge in [0.1, 0.15) is 6.17 Å². The van der Waals surface area contributed by atoms with Crippen LogP contribution in [0.1, 0.15) is 49.5 Å². The summed E-state index contributed by atoms with van der Waals surface area (Å²) in [5.74, 6) is 0. The van der Waals surface area contributed by atoms with Crippen molar-refractivity contribution in [1.29, 1.82) is 0 Å². The summed E-state index contributed by atoms with van der Waals surface area (Å²) in [6, 6.07) is 32.8. The van der Waals surface area contributed by atoms with Crippen LogP contribution in [0.4, 0.5) is 0 Å². The third-order valence-corrected chi connectivity index (χ3v) is 6.07. The molecule has 1 atom stereocenters. The van der Waals surface area contributed by atoms with Crippen LogP contribution in [0, 0.1) is 0 Å². The number of allylic oxidation sites excluding steroid dienone is 1. The van der Waals surface area contributed by atoms with Gasteiger partial charge in [0, 0.05) is 25.3 Å². The highest BCUT2D eigenvalue weighted by Crippen LogP contribution is 2.39. The molecule has 0 amide bonds. The topological polar surface area (TPSA) is 6.48 Å². The Bertz CT molecular complexity index is 948. The van der Waals surface area contributed by atoms with Crippen molar-refractivity contribution >= 4 is 0 Å². The lowest BCUT2D eigenvalue weighted by atomic mass is 9.97. The summed E-state index contributed by atoms with van der Waals surface area (Å²) >= 11 is 0. The molecule has 1 aliphatic heterocycles. The second-order valence-electron chi connectivity index (χ2n) is 8.05. The van der Waals surface area contributed by atoms with Crippen LogP contribution in [-0.4, -0.2) is 16.3 Å². The highest BCUT2D eigenvalue weighted by Gasteiger charge is 2.34. The molecule has 1 heterocycles. The minimum atomic E-state index is 0.233. The molecule has 0 saturated carbocycles. The van der Waals surface area contributed by atoms with Gasteiger partial charge in [0.05, 0.1) is 0 Å². The Morgan fingerprint density at radius 1 is 0.667 bits per heavy atom. The minimum Gasteiger partial charge on any atom is -0.351 e. The standard InChI is InChI=1S/C28H32N2/c1-3-25-22-29(20-23-14-8-5-9-15-23)28(26-18-12-7-13-19-26)30(27(25)4-2)21-24-16-10-6-11-17-24/h5-19,28H,3-4,20-22H2,1-2H3. The molecule has 2 heteroatoms. The Labute approximate surface area is 181 Å². The van der Waals surface area contributed by atoms with Crippen molar-refractivity contribution in [3.8, 4) is 0 Å². The molecule has 0 N–H and O–H groups in total. The van der Waals surface area contributed by atoms with E-state index in [2.05, 4.69) is 115 Å². The van der Waals surface area contributed by atoms with Crippen LogP contribution >= 0.6 is 0 Å². The molecule has 1 aliphatic rings. The molecule has 3 aromatic rings. The Balaban J connectivity index is 1.78. The highest BCUT2D eigenvalue weighted by molar-refractivity contribution is 5.29. The van der Waals surface area contributed by atoms with E-state index in [9.17, 15) is 0 Å². The highest BCUT2D eigenvalue weighted by atomic mass is 15.4. The molecule has 0 spiro atoms. The average molecular weight is 397 g/mol. The number of rotatable bonds is 7. The summed E-state index contributed by atoms with van der Waals surface area (Å²) in [7, 11) is 0. The van der Waals surface area contributed by atoms with E-state index in [1.165, 1.54) is 22.4 Å². The lowest BCUT2D eigenvalue weighted by Gasteiger charge is -2.48. The first kappa shape index (κ1) is 20.4. The van der Waals surface area contributed by atoms with Gasteiger partial charge >= 0.3 is 0 Å². The van der Waals surface area contributed by atoms with Crippen LogP contribution in [0.25, 0.3) is 0 Å². The van der Waals surface area contributed by atoms with Crippen molar-refractivity contribution in [2.24, 2.45) is 0 Å². The van der Waals surface area contributed by atoms with Gasteiger partial charge in [-0.15, -0.1) is 0 Å². The normalized spacial score (nSPS) is 17.4. The van der Waals surface area contributed by atoms with Gasteiger partial charge in [0.25, 0.3) is 0 Å². The van der Waals surface area contributed by atoms with Crippen molar-refractivity contribution in [1.82, 2.24) is 9.80 Å². The Hall–Kier alpha value is -2.84. The number of nitrogens with zero attached hydrogens (tertiary/aromatic N) is 2. The molecule has 30 heavy (non-hydrogen) atoms. The van der Waals surface area contributed by atoms with Crippen LogP contribution in [0.3, 0.4) is 0 Å². The van der Waals surface area contributed by atoms with Crippen LogP contribution in [-0.2, 0) is 13.1 Å². The fourth-order valence-corrected chi connectivity index (χ4v) is 4.68. The Morgan fingerprint density at radius 3 is 1.73 bits per heavy atom. The second kappa shape index (κ2) is 9.77. The van der Waals surface area contributed by atoms with Gasteiger partial charge in [-0.2, -0.15) is 0 Å². The summed E-state index contributed by atoms with van der Waals surface area (Å²) in [6.07, 6.45) is 2.40. The maximum atomic E-state index is 2.65. The van der Waals surface area contributed by atoms with E-state index in [-0.39, 0.29) is 6.17 Å². The largest absolute Gasteiger partial charge is 0.351 e. The van der Waals surface area contributed by atoms with Gasteiger partial charge in [-0.05, 0) is 35.1 Å². The summed E-state index contributed by atoms with van der Waals surface area (Å²) in [5.41, 5.74) is 7.18. The van der Waals surface area contributed by atoms with Crippen LogP contribution in [0.2, 0.25) is 0 Å². The maximum absolute atomic E-state index is 2.65. The molecule has 0 fully saturated rings. The van der Waals surface area contributed by atoms with E-state index in [4.69, 9.17) is 0 Å². The zero-order valence-electron chi connectivity index (χ0n) is 18.2. The van der Waals surface area contributed by atoms with Crippen molar-refractivity contribution in [3.63, 3.8) is 0 Å². The molecule has 0 radical (unpaired) electrons. The lowest BCUT2D eigenvalue weighted by molar-refractivity contribution is 0.0390. The van der Waals surface area contributed by atoms with Crippen molar-refractivity contribution < 1.29 is 0 Å². The summed E-state index contributed by atoms with van der Waals surface area (Å²) in [5, 5.41) is 0. The van der Waals surface area contributed by atoms with Gasteiger partial charge in [-0.1, -0.05) is 105 Å². The summed E-state index contributed by atoms with van der Waals surface area (Å²) < 4.78 is 0. The smallest absolute Gasteiger partial charge is 0.109 e. The fourth-order valence-electron chi connectivity index (χ4n) is 4.68. The Morgan fingerprint density at radius 2 is 1.20 bits per heavy atom. The fraction of sp³-hybridized carbons (Fsp3) is 0.286. The van der Waals surface area contributed by atoms with Crippen molar-refractivity contribution in [3.05, 3.63) is 119 Å². The molecule has 154 valence electrons. The molecule has 1 unspecified atom stereocenters. The van der Waals surface area contributed by atoms with E-state index in [0.717, 1.165) is 32.5 Å². The molecule has 3 aromatic carbocycles. The van der Waals surface area contributed by atoms with Crippen molar-refractivity contribution in [2.45, 2.75) is 45.9 Å². The van der Waals surface area contributed by atoms with Crippen LogP contribution < -0.4 is 0 Å². The lowest BCUT2D eigenvalue weighted by Crippen LogP contribution is -2.46. The number of benzene rings is 3. The third-order valence-electron chi connectivity index (χ3n) is 6.07.